The maximum atomic E-state index is 12.8. The maximum absolute atomic E-state index is 12.8. The Bertz CT molecular complexity index is 1340. The lowest BCUT2D eigenvalue weighted by molar-refractivity contribution is -0.161. The molecule has 0 spiro atoms. The van der Waals surface area contributed by atoms with Gasteiger partial charge in [0.15, 0.2) is 6.10 Å². The summed E-state index contributed by atoms with van der Waals surface area (Å²) in [6.45, 7) is 3.82. The van der Waals surface area contributed by atoms with Crippen LogP contribution in [0.2, 0.25) is 0 Å². The summed E-state index contributed by atoms with van der Waals surface area (Å²) >= 11 is 0. The monoisotopic (exact) mass is 1140 g/mol. The van der Waals surface area contributed by atoms with E-state index in [4.69, 9.17) is 24.3 Å². The van der Waals surface area contributed by atoms with Gasteiger partial charge < -0.3 is 20.1 Å². The number of esters is 2. The van der Waals surface area contributed by atoms with E-state index in [9.17, 15) is 19.0 Å². The molecule has 3 N–H and O–H groups in total. The van der Waals surface area contributed by atoms with E-state index in [0.717, 1.165) is 32.1 Å². The molecular weight excluding hydrogens is 1000 g/mol. The van der Waals surface area contributed by atoms with Crippen molar-refractivity contribution in [1.82, 2.24) is 0 Å². The van der Waals surface area contributed by atoms with Crippen molar-refractivity contribution in [3.05, 3.63) is 24.3 Å². The molecule has 0 aliphatic heterocycles. The molecule has 79 heavy (non-hydrogen) atoms. The Kier molecular flexibility index (Phi) is 64.4. The van der Waals surface area contributed by atoms with E-state index in [1.54, 1.807) is 0 Å². The van der Waals surface area contributed by atoms with Crippen molar-refractivity contribution in [1.29, 1.82) is 0 Å². The number of hydrogen-bond acceptors (Lipinski definition) is 8. The van der Waals surface area contributed by atoms with E-state index in [0.29, 0.717) is 6.42 Å². The lowest BCUT2D eigenvalue weighted by Crippen LogP contribution is -2.29. The van der Waals surface area contributed by atoms with Crippen LogP contribution in [-0.4, -0.2) is 49.3 Å². The molecule has 2 unspecified atom stereocenters. The molecule has 0 bridgehead atoms. The highest BCUT2D eigenvalue weighted by atomic mass is 31.2. The second kappa shape index (κ2) is 65.6. The van der Waals surface area contributed by atoms with Crippen LogP contribution in [0.4, 0.5) is 0 Å². The third kappa shape index (κ3) is 65.5. The van der Waals surface area contributed by atoms with Gasteiger partial charge in [0.05, 0.1) is 13.2 Å². The Balaban J connectivity index is 3.80. The van der Waals surface area contributed by atoms with Gasteiger partial charge >= 0.3 is 19.8 Å². The Labute approximate surface area is 491 Å². The molecule has 9 nitrogen and oxygen atoms in total. The summed E-state index contributed by atoms with van der Waals surface area (Å²) in [5.74, 6) is -0.806. The van der Waals surface area contributed by atoms with Crippen molar-refractivity contribution in [2.75, 3.05) is 26.4 Å². The van der Waals surface area contributed by atoms with Gasteiger partial charge in [0.2, 0.25) is 0 Å². The van der Waals surface area contributed by atoms with Gasteiger partial charge in [0.25, 0.3) is 0 Å². The molecule has 0 aromatic heterocycles. The smallest absolute Gasteiger partial charge is 0.462 e. The minimum Gasteiger partial charge on any atom is -0.462 e. The molecule has 0 saturated carbocycles. The van der Waals surface area contributed by atoms with Gasteiger partial charge in [-0.1, -0.05) is 321 Å². The van der Waals surface area contributed by atoms with E-state index in [2.05, 4.69) is 38.2 Å². The Morgan fingerprint density at radius 1 is 0.367 bits per heavy atom. The highest BCUT2D eigenvalue weighted by Gasteiger charge is 2.26. The first kappa shape index (κ1) is 77.5. The normalized spacial score (nSPS) is 13.0. The third-order valence-electron chi connectivity index (χ3n) is 15.8. The fraction of sp³-hybridized carbons (Fsp3) is 0.913. The van der Waals surface area contributed by atoms with E-state index in [1.165, 1.54) is 308 Å². The number of carbonyl (C=O) groups is 2. The minimum absolute atomic E-state index is 0.0564. The first-order valence-corrected chi connectivity index (χ1v) is 36.3. The number of nitrogens with two attached hydrogens (primary N) is 1. The molecule has 0 amide bonds. The molecule has 0 saturated heterocycles. The first-order valence-electron chi connectivity index (χ1n) is 34.8. The van der Waals surface area contributed by atoms with Crippen molar-refractivity contribution >= 4 is 19.8 Å². The van der Waals surface area contributed by atoms with Gasteiger partial charge in [-0.3, -0.25) is 18.6 Å². The van der Waals surface area contributed by atoms with E-state index in [1.807, 2.05) is 0 Å². The predicted octanol–water partition coefficient (Wildman–Crippen LogP) is 22.5. The van der Waals surface area contributed by atoms with Crippen molar-refractivity contribution < 1.29 is 37.6 Å². The van der Waals surface area contributed by atoms with Crippen molar-refractivity contribution in [2.24, 2.45) is 5.73 Å². The van der Waals surface area contributed by atoms with Crippen LogP contribution in [0.5, 0.6) is 0 Å². The maximum Gasteiger partial charge on any atom is 0.472 e. The predicted molar refractivity (Wildman–Crippen MR) is 340 cm³/mol. The number of phosphoric acid groups is 1. The fourth-order valence-corrected chi connectivity index (χ4v) is 11.4. The van der Waals surface area contributed by atoms with Crippen molar-refractivity contribution in [2.45, 2.75) is 380 Å². The number of rotatable bonds is 67. The highest BCUT2D eigenvalue weighted by Crippen LogP contribution is 2.43. The van der Waals surface area contributed by atoms with Crippen LogP contribution in [0, 0.1) is 0 Å². The largest absolute Gasteiger partial charge is 0.472 e. The summed E-state index contributed by atoms with van der Waals surface area (Å²) in [6, 6.07) is 0. The summed E-state index contributed by atoms with van der Waals surface area (Å²) in [6.07, 6.45) is 80.0. The fourth-order valence-electron chi connectivity index (χ4n) is 10.6. The van der Waals surface area contributed by atoms with E-state index >= 15 is 0 Å². The minimum atomic E-state index is -4.39. The van der Waals surface area contributed by atoms with Crippen LogP contribution < -0.4 is 5.73 Å². The average molecular weight is 1140 g/mol. The van der Waals surface area contributed by atoms with Crippen LogP contribution in [0.3, 0.4) is 0 Å². The highest BCUT2D eigenvalue weighted by molar-refractivity contribution is 7.47. The summed E-state index contributed by atoms with van der Waals surface area (Å²) in [5, 5.41) is 0. The Morgan fingerprint density at radius 3 is 0.899 bits per heavy atom. The topological polar surface area (TPSA) is 134 Å². The SMILES string of the molecule is CCCCCCCCCC/C=C\CCCCCCCCCCCCCCCCCCCCCCCCCC(=O)OC(COC(=O)CCCCCCCCCCCCC/C=C\CCCCCCCCCC)COP(=O)(O)OCCN. The molecule has 0 rings (SSSR count). The zero-order valence-corrected chi connectivity index (χ0v) is 53.5. The zero-order valence-electron chi connectivity index (χ0n) is 52.6. The van der Waals surface area contributed by atoms with Gasteiger partial charge in [-0.05, 0) is 64.2 Å². The third-order valence-corrected chi connectivity index (χ3v) is 16.8. The number of allylic oxidation sites excluding steroid dienone is 4. The molecular formula is C69H134NO8P. The van der Waals surface area contributed by atoms with E-state index < -0.39 is 26.5 Å². The number of phosphoric ester groups is 1. The molecule has 0 aromatic rings. The summed E-state index contributed by atoms with van der Waals surface area (Å²) in [5.41, 5.74) is 5.40. The van der Waals surface area contributed by atoms with Gasteiger partial charge in [0, 0.05) is 19.4 Å². The first-order chi connectivity index (χ1) is 38.8. The number of ether oxygens (including phenoxy) is 2. The second-order valence-corrected chi connectivity index (χ2v) is 25.2. The molecule has 0 fully saturated rings. The van der Waals surface area contributed by atoms with Gasteiger partial charge in [-0.25, -0.2) is 4.57 Å². The lowest BCUT2D eigenvalue weighted by Gasteiger charge is -2.19. The second-order valence-electron chi connectivity index (χ2n) is 23.7. The Morgan fingerprint density at radius 2 is 0.620 bits per heavy atom. The molecule has 0 heterocycles. The molecule has 0 radical (unpaired) electrons. The molecule has 2 atom stereocenters. The zero-order chi connectivity index (χ0) is 57.3. The standard InChI is InChI=1S/C69H134NO8P/c1-3-5-7-9-11-13-15-17-19-21-23-25-27-28-29-30-31-32-33-34-35-36-37-38-40-42-44-46-48-50-52-54-56-58-60-62-69(72)78-67(66-77-79(73,74)76-64-63-70)65-75-68(71)61-59-57-55-53-51-49-47-45-43-41-39-26-24-22-20-18-16-14-12-10-8-6-4-2/h21-24,67H,3-20,25-66,70H2,1-2H3,(H,73,74)/b23-21-,24-22-. The molecule has 0 aromatic carbocycles. The number of carbonyl (C=O) groups excluding carboxylic acids is 2. The van der Waals surface area contributed by atoms with Crippen LogP contribution in [0.25, 0.3) is 0 Å². The number of unbranched alkanes of at least 4 members (excludes halogenated alkanes) is 50. The van der Waals surface area contributed by atoms with Gasteiger partial charge in [-0.2, -0.15) is 0 Å². The number of hydrogen-bond donors (Lipinski definition) is 2. The Hall–Kier alpha value is -1.51. The van der Waals surface area contributed by atoms with Gasteiger partial charge in [0.1, 0.15) is 6.61 Å². The van der Waals surface area contributed by atoms with Crippen LogP contribution in [0.15, 0.2) is 24.3 Å². The van der Waals surface area contributed by atoms with Crippen LogP contribution in [-0.2, 0) is 32.7 Å². The van der Waals surface area contributed by atoms with Crippen LogP contribution >= 0.6 is 7.82 Å². The quantitative estimate of drug-likeness (QED) is 0.0264. The van der Waals surface area contributed by atoms with Crippen LogP contribution in [0.1, 0.15) is 373 Å². The van der Waals surface area contributed by atoms with Crippen molar-refractivity contribution in [3.63, 3.8) is 0 Å². The average Bonchev–Trinajstić information content (AvgIpc) is 3.44. The van der Waals surface area contributed by atoms with E-state index in [-0.39, 0.29) is 38.6 Å². The molecule has 0 aliphatic rings. The summed E-state index contributed by atoms with van der Waals surface area (Å²) in [4.78, 5) is 35.3. The summed E-state index contributed by atoms with van der Waals surface area (Å²) in [7, 11) is -4.39. The van der Waals surface area contributed by atoms with Crippen molar-refractivity contribution in [3.8, 4) is 0 Å². The lowest BCUT2D eigenvalue weighted by atomic mass is 10.0. The molecule has 0 aliphatic carbocycles. The summed E-state index contributed by atoms with van der Waals surface area (Å²) < 4.78 is 33.2. The molecule has 468 valence electrons. The van der Waals surface area contributed by atoms with Gasteiger partial charge in [-0.15, -0.1) is 0 Å². The molecule has 10 heteroatoms.